The van der Waals surface area contributed by atoms with E-state index in [-0.39, 0.29) is 0 Å². The summed E-state index contributed by atoms with van der Waals surface area (Å²) < 4.78 is 12.2. The predicted octanol–water partition coefficient (Wildman–Crippen LogP) is 14.6. The zero-order chi connectivity index (χ0) is 31.2. The van der Waals surface area contributed by atoms with E-state index in [0.717, 1.165) is 37.6 Å². The minimum Gasteiger partial charge on any atom is -0.494 e. The third-order valence-electron chi connectivity index (χ3n) is 9.32. The molecule has 2 aromatic carbocycles. The lowest BCUT2D eigenvalue weighted by Crippen LogP contribution is -1.98. The van der Waals surface area contributed by atoms with Gasteiger partial charge in [0.15, 0.2) is 0 Å². The fraction of sp³-hybridized carbons (Fsp3) is 0.762. The van der Waals surface area contributed by atoms with Crippen LogP contribution in [0.15, 0.2) is 36.4 Å². The van der Waals surface area contributed by atoms with E-state index in [1.807, 2.05) is 0 Å². The first-order valence-corrected chi connectivity index (χ1v) is 19.6. The van der Waals surface area contributed by atoms with Gasteiger partial charge in [0.05, 0.1) is 13.2 Å². The fourth-order valence-corrected chi connectivity index (χ4v) is 6.35. The van der Waals surface area contributed by atoms with Crippen molar-refractivity contribution in [3.63, 3.8) is 0 Å². The van der Waals surface area contributed by atoms with Crippen LogP contribution in [-0.2, 0) is 0 Å². The summed E-state index contributed by atoms with van der Waals surface area (Å²) in [5, 5.41) is 2.46. The van der Waals surface area contributed by atoms with Crippen LogP contribution >= 0.6 is 0 Å². The van der Waals surface area contributed by atoms with Crippen molar-refractivity contribution in [2.24, 2.45) is 0 Å². The molecule has 0 saturated carbocycles. The first-order valence-electron chi connectivity index (χ1n) is 19.6. The van der Waals surface area contributed by atoms with Gasteiger partial charge in [-0.1, -0.05) is 193 Å². The van der Waals surface area contributed by atoms with Crippen LogP contribution in [0.4, 0.5) is 0 Å². The second kappa shape index (κ2) is 28.8. The highest BCUT2D eigenvalue weighted by molar-refractivity contribution is 5.85. The summed E-state index contributed by atoms with van der Waals surface area (Å²) in [5.74, 6) is 1.98. The zero-order valence-corrected chi connectivity index (χ0v) is 29.5. The van der Waals surface area contributed by atoms with Crippen LogP contribution in [0.3, 0.4) is 0 Å². The van der Waals surface area contributed by atoms with Crippen LogP contribution in [-0.4, -0.2) is 13.2 Å². The van der Waals surface area contributed by atoms with Crippen LogP contribution in [0.1, 0.15) is 194 Å². The molecule has 0 aromatic heterocycles. The molecule has 2 heteroatoms. The number of ether oxygens (including phenoxy) is 2. The fourth-order valence-electron chi connectivity index (χ4n) is 6.35. The van der Waals surface area contributed by atoms with Crippen LogP contribution in [0, 0.1) is 0 Å². The topological polar surface area (TPSA) is 18.5 Å². The summed E-state index contributed by atoms with van der Waals surface area (Å²) in [5.41, 5.74) is 0. The summed E-state index contributed by atoms with van der Waals surface area (Å²) in [4.78, 5) is 0. The van der Waals surface area contributed by atoms with Gasteiger partial charge in [-0.3, -0.25) is 0 Å². The lowest BCUT2D eigenvalue weighted by atomic mass is 10.0. The van der Waals surface area contributed by atoms with Crippen LogP contribution in [0.25, 0.3) is 10.8 Å². The van der Waals surface area contributed by atoms with E-state index in [4.69, 9.17) is 9.47 Å². The molecular formula is C42H72O2. The largest absolute Gasteiger partial charge is 0.494 e. The van der Waals surface area contributed by atoms with Gasteiger partial charge in [0.1, 0.15) is 11.5 Å². The van der Waals surface area contributed by atoms with Crippen molar-refractivity contribution in [1.82, 2.24) is 0 Å². The van der Waals surface area contributed by atoms with Crippen molar-refractivity contribution in [2.45, 2.75) is 194 Å². The number of benzene rings is 2. The summed E-state index contributed by atoms with van der Waals surface area (Å²) in [6, 6.07) is 12.9. The molecule has 0 aliphatic carbocycles. The summed E-state index contributed by atoms with van der Waals surface area (Å²) >= 11 is 0. The summed E-state index contributed by atoms with van der Waals surface area (Å²) in [7, 11) is 0. The molecule has 0 N–H and O–H groups in total. The SMILES string of the molecule is CCCCCCCCCCCCCCCCOc1ccc2cc(OCCCCCCCCCCCCCCCC)ccc2c1. The molecule has 2 aromatic rings. The average Bonchev–Trinajstić information content (AvgIpc) is 3.04. The van der Waals surface area contributed by atoms with Gasteiger partial charge in [0.2, 0.25) is 0 Å². The van der Waals surface area contributed by atoms with Gasteiger partial charge < -0.3 is 9.47 Å². The highest BCUT2D eigenvalue weighted by atomic mass is 16.5. The molecule has 0 aliphatic heterocycles. The quantitative estimate of drug-likeness (QED) is 0.0769. The Morgan fingerprint density at radius 3 is 0.841 bits per heavy atom. The molecule has 252 valence electrons. The third kappa shape index (κ3) is 21.1. The molecule has 0 radical (unpaired) electrons. The Morgan fingerprint density at radius 2 is 0.568 bits per heavy atom. The molecular weight excluding hydrogens is 536 g/mol. The third-order valence-corrected chi connectivity index (χ3v) is 9.32. The number of unbranched alkanes of at least 4 members (excludes halogenated alkanes) is 26. The van der Waals surface area contributed by atoms with Crippen molar-refractivity contribution in [2.75, 3.05) is 13.2 Å². The van der Waals surface area contributed by atoms with Crippen LogP contribution in [0.2, 0.25) is 0 Å². The van der Waals surface area contributed by atoms with Gasteiger partial charge in [-0.25, -0.2) is 0 Å². The number of fused-ring (bicyclic) bond motifs is 1. The first-order chi connectivity index (χ1) is 21.8. The van der Waals surface area contributed by atoms with Gasteiger partial charge in [0.25, 0.3) is 0 Å². The second-order valence-corrected chi connectivity index (χ2v) is 13.6. The van der Waals surface area contributed by atoms with Gasteiger partial charge in [0, 0.05) is 0 Å². The Hall–Kier alpha value is -1.70. The van der Waals surface area contributed by atoms with E-state index < -0.39 is 0 Å². The monoisotopic (exact) mass is 609 g/mol. The van der Waals surface area contributed by atoms with Crippen LogP contribution < -0.4 is 9.47 Å². The maximum atomic E-state index is 6.08. The van der Waals surface area contributed by atoms with E-state index in [1.54, 1.807) is 0 Å². The van der Waals surface area contributed by atoms with E-state index in [0.29, 0.717) is 0 Å². The molecule has 0 spiro atoms. The van der Waals surface area contributed by atoms with Gasteiger partial charge >= 0.3 is 0 Å². The lowest BCUT2D eigenvalue weighted by molar-refractivity contribution is 0.304. The smallest absolute Gasteiger partial charge is 0.119 e. The summed E-state index contributed by atoms with van der Waals surface area (Å²) in [6.45, 7) is 6.24. The Bertz CT molecular complexity index is 817. The highest BCUT2D eigenvalue weighted by Crippen LogP contribution is 2.26. The molecule has 44 heavy (non-hydrogen) atoms. The standard InChI is InChI=1S/C42H72O2/c1-3-5-7-9-11-13-15-17-19-21-23-25-27-29-35-43-41-33-31-40-38-42(34-32-39(40)37-41)44-36-30-28-26-24-22-20-18-16-14-12-10-8-6-4-2/h31-34,37-38H,3-30,35-36H2,1-2H3. The lowest BCUT2D eigenvalue weighted by Gasteiger charge is -2.10. The van der Waals surface area contributed by atoms with Gasteiger partial charge in [-0.2, -0.15) is 0 Å². The van der Waals surface area contributed by atoms with Gasteiger partial charge in [-0.15, -0.1) is 0 Å². The normalized spacial score (nSPS) is 11.4. The molecule has 0 saturated heterocycles. The van der Waals surface area contributed by atoms with Crippen molar-refractivity contribution in [3.8, 4) is 11.5 Å². The Labute approximate surface area is 274 Å². The number of rotatable bonds is 32. The van der Waals surface area contributed by atoms with Crippen molar-refractivity contribution in [1.29, 1.82) is 0 Å². The molecule has 0 aliphatic rings. The number of hydrogen-bond acceptors (Lipinski definition) is 2. The molecule has 0 atom stereocenters. The molecule has 0 amide bonds. The zero-order valence-electron chi connectivity index (χ0n) is 29.5. The van der Waals surface area contributed by atoms with Crippen molar-refractivity contribution in [3.05, 3.63) is 36.4 Å². The molecule has 0 fully saturated rings. The van der Waals surface area contributed by atoms with E-state index in [1.165, 1.54) is 178 Å². The maximum absolute atomic E-state index is 6.08. The predicted molar refractivity (Wildman–Crippen MR) is 196 cm³/mol. The summed E-state index contributed by atoms with van der Waals surface area (Å²) in [6.07, 6.45) is 38.9. The highest BCUT2D eigenvalue weighted by Gasteiger charge is 2.02. The molecule has 0 unspecified atom stereocenters. The Balaban J connectivity index is 1.41. The van der Waals surface area contributed by atoms with E-state index >= 15 is 0 Å². The molecule has 0 bridgehead atoms. The minimum absolute atomic E-state index is 0.823. The maximum Gasteiger partial charge on any atom is 0.119 e. The first kappa shape index (κ1) is 38.5. The average molecular weight is 609 g/mol. The van der Waals surface area contributed by atoms with Crippen LogP contribution in [0.5, 0.6) is 11.5 Å². The Morgan fingerprint density at radius 1 is 0.318 bits per heavy atom. The molecule has 2 rings (SSSR count). The van der Waals surface area contributed by atoms with E-state index in [2.05, 4.69) is 50.2 Å². The molecule has 0 heterocycles. The Kier molecular flexibility index (Phi) is 25.1. The van der Waals surface area contributed by atoms with Crippen molar-refractivity contribution >= 4 is 10.8 Å². The minimum atomic E-state index is 0.823. The second-order valence-electron chi connectivity index (χ2n) is 13.6. The van der Waals surface area contributed by atoms with E-state index in [9.17, 15) is 0 Å². The van der Waals surface area contributed by atoms with Gasteiger partial charge in [-0.05, 0) is 47.9 Å². The number of hydrogen-bond donors (Lipinski definition) is 0. The molecule has 2 nitrogen and oxygen atoms in total. The van der Waals surface area contributed by atoms with Crippen molar-refractivity contribution < 1.29 is 9.47 Å².